The van der Waals surface area contributed by atoms with E-state index in [4.69, 9.17) is 17.3 Å². The van der Waals surface area contributed by atoms with E-state index in [1.54, 1.807) is 12.4 Å². The number of halogens is 1. The highest BCUT2D eigenvalue weighted by Crippen LogP contribution is 2.30. The summed E-state index contributed by atoms with van der Waals surface area (Å²) in [6.45, 7) is 1.89. The van der Waals surface area contributed by atoms with Crippen molar-refractivity contribution in [3.8, 4) is 0 Å². The topological polar surface area (TPSA) is 51.8 Å². The van der Waals surface area contributed by atoms with Crippen LogP contribution in [0.5, 0.6) is 0 Å². The van der Waals surface area contributed by atoms with Crippen LogP contribution in [0.15, 0.2) is 23.8 Å². The lowest BCUT2D eigenvalue weighted by Crippen LogP contribution is -2.12. The van der Waals surface area contributed by atoms with Gasteiger partial charge >= 0.3 is 0 Å². The van der Waals surface area contributed by atoms with Gasteiger partial charge in [0.05, 0.1) is 28.6 Å². The van der Waals surface area contributed by atoms with Crippen LogP contribution < -0.4 is 5.73 Å². The zero-order valence-corrected chi connectivity index (χ0v) is 9.72. The van der Waals surface area contributed by atoms with Crippen LogP contribution in [0, 0.1) is 6.92 Å². The molecule has 0 saturated heterocycles. The minimum absolute atomic E-state index is 0.286. The van der Waals surface area contributed by atoms with Crippen molar-refractivity contribution in [1.29, 1.82) is 0 Å². The number of rotatable bonds is 2. The summed E-state index contributed by atoms with van der Waals surface area (Å²) in [4.78, 5) is 9.32. The second-order valence-electron chi connectivity index (χ2n) is 3.19. The van der Waals surface area contributed by atoms with E-state index < -0.39 is 0 Å². The highest BCUT2D eigenvalue weighted by molar-refractivity contribution is 7.10. The zero-order chi connectivity index (χ0) is 10.8. The second kappa shape index (κ2) is 4.26. The molecule has 0 aliphatic carbocycles. The molecule has 0 aliphatic heterocycles. The fraction of sp³-hybridized carbons (Fsp3) is 0.200. The lowest BCUT2D eigenvalue weighted by Gasteiger charge is -2.09. The molecular weight excluding hydrogens is 230 g/mol. The molecular formula is C10H10ClN3S. The van der Waals surface area contributed by atoms with Crippen LogP contribution >= 0.6 is 22.9 Å². The average molecular weight is 240 g/mol. The summed E-state index contributed by atoms with van der Waals surface area (Å²) in [6, 6.07) is 1.55. The van der Waals surface area contributed by atoms with Gasteiger partial charge in [-0.15, -0.1) is 11.3 Å². The van der Waals surface area contributed by atoms with Gasteiger partial charge in [-0.25, -0.2) is 0 Å². The van der Waals surface area contributed by atoms with E-state index in [9.17, 15) is 0 Å². The van der Waals surface area contributed by atoms with E-state index in [2.05, 4.69) is 9.97 Å². The summed E-state index contributed by atoms with van der Waals surface area (Å²) >= 11 is 7.53. The molecule has 0 fully saturated rings. The number of aromatic nitrogens is 2. The van der Waals surface area contributed by atoms with Crippen molar-refractivity contribution in [2.75, 3.05) is 0 Å². The quantitative estimate of drug-likeness (QED) is 0.876. The van der Waals surface area contributed by atoms with Crippen LogP contribution in [0.3, 0.4) is 0 Å². The maximum atomic E-state index is 6.04. The highest BCUT2D eigenvalue weighted by Gasteiger charge is 2.15. The number of hydrogen-bond donors (Lipinski definition) is 1. The Bertz CT molecular complexity index is 452. The molecule has 2 aromatic heterocycles. The first-order chi connectivity index (χ1) is 7.18. The smallest absolute Gasteiger partial charge is 0.0850 e. The molecule has 2 heterocycles. The van der Waals surface area contributed by atoms with Crippen molar-refractivity contribution in [3.05, 3.63) is 45.1 Å². The first-order valence-electron chi connectivity index (χ1n) is 4.45. The van der Waals surface area contributed by atoms with Gasteiger partial charge in [0.2, 0.25) is 0 Å². The van der Waals surface area contributed by atoms with Crippen molar-refractivity contribution < 1.29 is 0 Å². The predicted octanol–water partition coefficient (Wildman–Crippen LogP) is 2.55. The summed E-state index contributed by atoms with van der Waals surface area (Å²) in [6.07, 6.45) is 3.40. The summed E-state index contributed by atoms with van der Waals surface area (Å²) in [7, 11) is 0. The lowest BCUT2D eigenvalue weighted by atomic mass is 10.2. The van der Waals surface area contributed by atoms with Gasteiger partial charge in [-0.3, -0.25) is 9.97 Å². The molecule has 0 bridgehead atoms. The third-order valence-corrected chi connectivity index (χ3v) is 3.49. The fourth-order valence-electron chi connectivity index (χ4n) is 1.22. The molecule has 0 aromatic carbocycles. The minimum atomic E-state index is -0.286. The SMILES string of the molecule is Cc1cnc(C(N)c2sccc2Cl)cn1. The first kappa shape index (κ1) is 10.5. The van der Waals surface area contributed by atoms with Crippen molar-refractivity contribution in [2.45, 2.75) is 13.0 Å². The number of nitrogens with zero attached hydrogens (tertiary/aromatic N) is 2. The van der Waals surface area contributed by atoms with Gasteiger partial charge in [-0.05, 0) is 18.4 Å². The number of thiophene rings is 1. The zero-order valence-electron chi connectivity index (χ0n) is 8.14. The second-order valence-corrected chi connectivity index (χ2v) is 4.55. The number of hydrogen-bond acceptors (Lipinski definition) is 4. The molecule has 0 saturated carbocycles. The molecule has 15 heavy (non-hydrogen) atoms. The highest BCUT2D eigenvalue weighted by atomic mass is 35.5. The Morgan fingerprint density at radius 2 is 2.20 bits per heavy atom. The maximum Gasteiger partial charge on any atom is 0.0850 e. The summed E-state index contributed by atoms with van der Waals surface area (Å²) in [5.74, 6) is 0. The van der Waals surface area contributed by atoms with E-state index in [-0.39, 0.29) is 6.04 Å². The Morgan fingerprint density at radius 3 is 2.73 bits per heavy atom. The molecule has 1 unspecified atom stereocenters. The normalized spacial score (nSPS) is 12.7. The first-order valence-corrected chi connectivity index (χ1v) is 5.71. The Hall–Kier alpha value is -0.970. The van der Waals surface area contributed by atoms with Gasteiger partial charge in [0.1, 0.15) is 0 Å². The molecule has 0 aliphatic rings. The van der Waals surface area contributed by atoms with E-state index in [1.165, 1.54) is 11.3 Å². The fourth-order valence-corrected chi connectivity index (χ4v) is 2.41. The van der Waals surface area contributed by atoms with Crippen molar-refractivity contribution in [1.82, 2.24) is 9.97 Å². The molecule has 2 aromatic rings. The van der Waals surface area contributed by atoms with Gasteiger partial charge in [-0.2, -0.15) is 0 Å². The molecule has 3 nitrogen and oxygen atoms in total. The Morgan fingerprint density at radius 1 is 1.40 bits per heavy atom. The summed E-state index contributed by atoms with van der Waals surface area (Å²) < 4.78 is 0. The van der Waals surface area contributed by atoms with Crippen molar-refractivity contribution in [2.24, 2.45) is 5.73 Å². The standard InChI is InChI=1S/C10H10ClN3S/c1-6-4-14-8(5-13-6)9(12)10-7(11)2-3-15-10/h2-5,9H,12H2,1H3. The summed E-state index contributed by atoms with van der Waals surface area (Å²) in [5.41, 5.74) is 7.65. The lowest BCUT2D eigenvalue weighted by molar-refractivity contribution is 0.829. The van der Waals surface area contributed by atoms with Crippen LogP contribution in [-0.2, 0) is 0 Å². The van der Waals surface area contributed by atoms with E-state index in [0.29, 0.717) is 5.02 Å². The molecule has 0 radical (unpaired) electrons. The van der Waals surface area contributed by atoms with Crippen molar-refractivity contribution >= 4 is 22.9 Å². The summed E-state index contributed by atoms with van der Waals surface area (Å²) in [5, 5.41) is 2.61. The van der Waals surface area contributed by atoms with Crippen LogP contribution in [0.4, 0.5) is 0 Å². The minimum Gasteiger partial charge on any atom is -0.318 e. The van der Waals surface area contributed by atoms with E-state index >= 15 is 0 Å². The number of nitrogens with two attached hydrogens (primary N) is 1. The average Bonchev–Trinajstić information content (AvgIpc) is 2.65. The van der Waals surface area contributed by atoms with Crippen LogP contribution in [0.25, 0.3) is 0 Å². The molecule has 2 rings (SSSR count). The van der Waals surface area contributed by atoms with Gasteiger partial charge in [0.15, 0.2) is 0 Å². The molecule has 0 spiro atoms. The molecule has 1 atom stereocenters. The molecule has 0 amide bonds. The van der Waals surface area contributed by atoms with Crippen LogP contribution in [0.1, 0.15) is 22.3 Å². The van der Waals surface area contributed by atoms with E-state index in [1.807, 2.05) is 18.4 Å². The molecule has 2 N–H and O–H groups in total. The third-order valence-electron chi connectivity index (χ3n) is 2.05. The monoisotopic (exact) mass is 239 g/mol. The Kier molecular flexibility index (Phi) is 3.00. The van der Waals surface area contributed by atoms with Gasteiger partial charge in [0.25, 0.3) is 0 Å². The third kappa shape index (κ3) is 2.17. The molecule has 78 valence electrons. The van der Waals surface area contributed by atoms with E-state index in [0.717, 1.165) is 16.3 Å². The van der Waals surface area contributed by atoms with Crippen LogP contribution in [0.2, 0.25) is 5.02 Å². The van der Waals surface area contributed by atoms with Gasteiger partial charge < -0.3 is 5.73 Å². The predicted molar refractivity (Wildman–Crippen MR) is 62.1 cm³/mol. The van der Waals surface area contributed by atoms with Crippen LogP contribution in [-0.4, -0.2) is 9.97 Å². The van der Waals surface area contributed by atoms with Gasteiger partial charge in [0, 0.05) is 11.1 Å². The van der Waals surface area contributed by atoms with Crippen molar-refractivity contribution in [3.63, 3.8) is 0 Å². The van der Waals surface area contributed by atoms with Gasteiger partial charge in [-0.1, -0.05) is 11.6 Å². The Balaban J connectivity index is 2.32. The molecule has 5 heteroatoms. The largest absolute Gasteiger partial charge is 0.318 e. The number of aryl methyl sites for hydroxylation is 1. The Labute approximate surface area is 96.9 Å². The maximum absolute atomic E-state index is 6.04.